The van der Waals surface area contributed by atoms with Crippen molar-refractivity contribution in [1.82, 2.24) is 19.3 Å². The first-order valence-corrected chi connectivity index (χ1v) is 7.65. The molecule has 1 saturated heterocycles. The first kappa shape index (κ1) is 15.7. The van der Waals surface area contributed by atoms with E-state index in [-0.39, 0.29) is 11.9 Å². The molecule has 1 aromatic rings. The van der Waals surface area contributed by atoms with Crippen LogP contribution in [0.2, 0.25) is 0 Å². The van der Waals surface area contributed by atoms with Crippen LogP contribution in [0.5, 0.6) is 0 Å². The van der Waals surface area contributed by atoms with Crippen LogP contribution >= 0.6 is 0 Å². The van der Waals surface area contributed by atoms with Crippen LogP contribution in [0.4, 0.5) is 10.7 Å². The zero-order valence-electron chi connectivity index (χ0n) is 14.5. The summed E-state index contributed by atoms with van der Waals surface area (Å²) in [7, 11) is 7.23. The second-order valence-corrected chi connectivity index (χ2v) is 6.41. The fourth-order valence-electron chi connectivity index (χ4n) is 3.15. The van der Waals surface area contributed by atoms with Crippen LogP contribution in [0, 0.1) is 13.8 Å². The number of likely N-dealkylation sites (N-methyl/N-ethyl adjacent to an activating group) is 3. The molecule has 2 aliphatic rings. The minimum atomic E-state index is -0.544. The second kappa shape index (κ2) is 5.16. The van der Waals surface area contributed by atoms with E-state index in [1.54, 1.807) is 7.05 Å². The van der Waals surface area contributed by atoms with Crippen LogP contribution in [0.25, 0.3) is 0 Å². The molecule has 0 N–H and O–H groups in total. The molecule has 1 fully saturated rings. The summed E-state index contributed by atoms with van der Waals surface area (Å²) in [4.78, 5) is 34.1. The van der Waals surface area contributed by atoms with Gasteiger partial charge in [-0.1, -0.05) is 4.99 Å². The highest BCUT2D eigenvalue weighted by Crippen LogP contribution is 2.34. The zero-order chi connectivity index (χ0) is 17.0. The summed E-state index contributed by atoms with van der Waals surface area (Å²) in [6, 6.07) is -0.887. The van der Waals surface area contributed by atoms with Crippen molar-refractivity contribution in [1.29, 1.82) is 0 Å². The van der Waals surface area contributed by atoms with Gasteiger partial charge in [0.25, 0.3) is 5.91 Å². The number of rotatable bonds is 3. The van der Waals surface area contributed by atoms with Gasteiger partial charge in [0.1, 0.15) is 11.4 Å². The molecule has 1 atom stereocenters. The summed E-state index contributed by atoms with van der Waals surface area (Å²) in [5, 5.41) is 0. The van der Waals surface area contributed by atoms with Gasteiger partial charge in [-0.15, -0.1) is 0 Å². The molecular weight excluding hydrogens is 296 g/mol. The number of amides is 3. The number of aliphatic imine (C=N–C) groups is 1. The smallest absolute Gasteiger partial charge is 0.306 e. The average molecular weight is 319 g/mol. The molecule has 0 radical (unpaired) electrons. The maximum absolute atomic E-state index is 12.6. The predicted octanol–water partition coefficient (Wildman–Crippen LogP) is 0.0625. The van der Waals surface area contributed by atoms with Gasteiger partial charge < -0.3 is 4.90 Å². The molecule has 0 aromatic carbocycles. The lowest BCUT2D eigenvalue weighted by molar-refractivity contribution is -0.688. The third-order valence-electron chi connectivity index (χ3n) is 4.72. The van der Waals surface area contributed by atoms with Crippen molar-refractivity contribution < 1.29 is 14.2 Å². The van der Waals surface area contributed by atoms with Gasteiger partial charge >= 0.3 is 12.0 Å². The fraction of sp³-hybridized carbons (Fsp3) is 0.600. The number of carbonyl (C=O) groups excluding carboxylic acids is 2. The Labute approximate surface area is 135 Å². The molecule has 3 heterocycles. The van der Waals surface area contributed by atoms with E-state index in [0.29, 0.717) is 5.84 Å². The van der Waals surface area contributed by atoms with E-state index >= 15 is 0 Å². The number of imide groups is 1. The Balaban J connectivity index is 2.11. The molecule has 3 amide bonds. The van der Waals surface area contributed by atoms with Gasteiger partial charge in [0, 0.05) is 20.6 Å². The normalized spacial score (nSPS) is 20.3. The number of urea groups is 1. The Kier molecular flexibility index (Phi) is 3.51. The minimum Gasteiger partial charge on any atom is -0.306 e. The van der Waals surface area contributed by atoms with Crippen LogP contribution in [-0.4, -0.2) is 71.8 Å². The summed E-state index contributed by atoms with van der Waals surface area (Å²) < 4.78 is 4.06. The van der Waals surface area contributed by atoms with Crippen molar-refractivity contribution >= 4 is 23.7 Å². The first-order chi connectivity index (χ1) is 10.8. The molecule has 2 aliphatic heterocycles. The van der Waals surface area contributed by atoms with Gasteiger partial charge in [0.05, 0.1) is 6.54 Å². The maximum atomic E-state index is 12.6. The molecule has 0 aliphatic carbocycles. The van der Waals surface area contributed by atoms with Crippen molar-refractivity contribution in [3.05, 3.63) is 11.4 Å². The molecule has 1 aromatic heterocycles. The molecule has 23 heavy (non-hydrogen) atoms. The Morgan fingerprint density at radius 3 is 2.43 bits per heavy atom. The SMILES string of the molecule is Cc1c(C)[n+](CCN(C)C)c2n1C1C(=O)N(C)C(=O)N(C)C1=N2. The van der Waals surface area contributed by atoms with Gasteiger partial charge in [-0.25, -0.2) is 13.9 Å². The monoisotopic (exact) mass is 319 g/mol. The van der Waals surface area contributed by atoms with Gasteiger partial charge in [-0.2, -0.15) is 0 Å². The lowest BCUT2D eigenvalue weighted by Crippen LogP contribution is -2.56. The number of nitrogens with zero attached hydrogens (tertiary/aromatic N) is 6. The molecule has 0 spiro atoms. The van der Waals surface area contributed by atoms with Crippen molar-refractivity contribution in [2.24, 2.45) is 4.99 Å². The summed E-state index contributed by atoms with van der Waals surface area (Å²) in [6.45, 7) is 5.69. The van der Waals surface area contributed by atoms with E-state index in [9.17, 15) is 9.59 Å². The molecular formula is C15H23N6O2+. The molecule has 1 unspecified atom stereocenters. The maximum Gasteiger partial charge on any atom is 0.402 e. The number of carbonyl (C=O) groups is 2. The topological polar surface area (TPSA) is 65.0 Å². The number of aromatic nitrogens is 2. The Hall–Kier alpha value is -2.22. The van der Waals surface area contributed by atoms with Crippen LogP contribution in [-0.2, 0) is 11.3 Å². The third-order valence-corrected chi connectivity index (χ3v) is 4.72. The van der Waals surface area contributed by atoms with Crippen molar-refractivity contribution in [3.8, 4) is 0 Å². The van der Waals surface area contributed by atoms with Gasteiger partial charge in [0.2, 0.25) is 11.9 Å². The van der Waals surface area contributed by atoms with E-state index in [4.69, 9.17) is 0 Å². The van der Waals surface area contributed by atoms with E-state index < -0.39 is 6.04 Å². The van der Waals surface area contributed by atoms with E-state index in [2.05, 4.69) is 14.5 Å². The highest BCUT2D eigenvalue weighted by atomic mass is 16.2. The molecule has 3 rings (SSSR count). The first-order valence-electron chi connectivity index (χ1n) is 7.65. The lowest BCUT2D eigenvalue weighted by atomic mass is 10.1. The van der Waals surface area contributed by atoms with Crippen molar-refractivity contribution in [2.75, 3.05) is 34.7 Å². The minimum absolute atomic E-state index is 0.233. The largest absolute Gasteiger partial charge is 0.402 e. The van der Waals surface area contributed by atoms with Gasteiger partial charge in [-0.05, 0) is 27.9 Å². The molecule has 0 bridgehead atoms. The van der Waals surface area contributed by atoms with Gasteiger partial charge in [-0.3, -0.25) is 14.6 Å². The Morgan fingerprint density at radius 1 is 1.17 bits per heavy atom. The second-order valence-electron chi connectivity index (χ2n) is 6.41. The Morgan fingerprint density at radius 2 is 1.83 bits per heavy atom. The van der Waals surface area contributed by atoms with Crippen LogP contribution < -0.4 is 4.57 Å². The standard InChI is InChI=1S/C15H23N6O2/c1-9-10(2)21-11-12(18(5)15(23)19(6)13(11)22)16-14(21)20(9)8-7-17(3)4/h11H,7-8H2,1-6H3/q+1. The highest BCUT2D eigenvalue weighted by molar-refractivity contribution is 6.20. The summed E-state index contributed by atoms with van der Waals surface area (Å²) >= 11 is 0. The molecule has 8 heteroatoms. The zero-order valence-corrected chi connectivity index (χ0v) is 14.5. The fourth-order valence-corrected chi connectivity index (χ4v) is 3.15. The van der Waals surface area contributed by atoms with E-state index in [0.717, 1.165) is 35.3 Å². The van der Waals surface area contributed by atoms with E-state index in [1.807, 2.05) is 32.5 Å². The van der Waals surface area contributed by atoms with Gasteiger partial charge in [0.15, 0.2) is 0 Å². The molecule has 124 valence electrons. The number of fused-ring (bicyclic) bond motifs is 3. The average Bonchev–Trinajstić information content (AvgIpc) is 2.99. The van der Waals surface area contributed by atoms with Crippen LogP contribution in [0.1, 0.15) is 17.4 Å². The summed E-state index contributed by atoms with van der Waals surface area (Å²) in [5.41, 5.74) is 2.10. The highest BCUT2D eigenvalue weighted by Gasteiger charge is 2.53. The number of amidine groups is 1. The lowest BCUT2D eigenvalue weighted by Gasteiger charge is -2.30. The summed E-state index contributed by atoms with van der Waals surface area (Å²) in [5.74, 6) is 1.02. The number of hydrogen-bond donors (Lipinski definition) is 0. The van der Waals surface area contributed by atoms with Crippen molar-refractivity contribution in [2.45, 2.75) is 26.4 Å². The van der Waals surface area contributed by atoms with Crippen LogP contribution in [0.15, 0.2) is 4.99 Å². The van der Waals surface area contributed by atoms with Crippen molar-refractivity contribution in [3.63, 3.8) is 0 Å². The molecule has 0 saturated carbocycles. The number of hydrogen-bond acceptors (Lipinski definition) is 4. The van der Waals surface area contributed by atoms with E-state index in [1.165, 1.54) is 11.9 Å². The van der Waals surface area contributed by atoms with Crippen LogP contribution in [0.3, 0.4) is 0 Å². The number of imidazole rings is 1. The predicted molar refractivity (Wildman–Crippen MR) is 84.7 cm³/mol. The summed E-state index contributed by atoms with van der Waals surface area (Å²) in [6.07, 6.45) is 0. The third kappa shape index (κ3) is 2.08. The quantitative estimate of drug-likeness (QED) is 0.740. The Bertz CT molecular complexity index is 733. The molecule has 8 nitrogen and oxygen atoms in total.